The molecule has 0 saturated heterocycles. The van der Waals surface area contributed by atoms with E-state index in [-0.39, 0.29) is 11.9 Å². The zero-order valence-electron chi connectivity index (χ0n) is 15.2. The van der Waals surface area contributed by atoms with Crippen LogP contribution in [-0.4, -0.2) is 26.4 Å². The average Bonchev–Trinajstić information content (AvgIpc) is 3.27. The molecular formula is C19H17FN6O2. The molecule has 1 atom stereocenters. The predicted molar refractivity (Wildman–Crippen MR) is 101 cm³/mol. The molecule has 3 heterocycles. The van der Waals surface area contributed by atoms with Crippen LogP contribution in [0.4, 0.5) is 15.0 Å². The number of hydrogen-bond donors (Lipinski definition) is 3. The van der Waals surface area contributed by atoms with E-state index < -0.39 is 6.03 Å². The van der Waals surface area contributed by atoms with Gasteiger partial charge in [0.1, 0.15) is 23.6 Å². The highest BCUT2D eigenvalue weighted by Gasteiger charge is 2.15. The van der Waals surface area contributed by atoms with Crippen molar-refractivity contribution in [1.82, 2.24) is 25.7 Å². The maximum Gasteiger partial charge on any atom is 0.320 e. The number of rotatable bonds is 4. The minimum absolute atomic E-state index is 0.292. The maximum atomic E-state index is 13.0. The zero-order chi connectivity index (χ0) is 19.7. The van der Waals surface area contributed by atoms with E-state index in [9.17, 15) is 9.18 Å². The van der Waals surface area contributed by atoms with Crippen LogP contribution in [0.5, 0.6) is 0 Å². The summed E-state index contributed by atoms with van der Waals surface area (Å²) in [7, 11) is 0. The number of fused-ring (bicyclic) bond motifs is 1. The van der Waals surface area contributed by atoms with Crippen LogP contribution in [0.1, 0.15) is 24.2 Å². The second-order valence-corrected chi connectivity index (χ2v) is 6.37. The molecular weight excluding hydrogens is 363 g/mol. The van der Waals surface area contributed by atoms with Gasteiger partial charge in [0, 0.05) is 17.6 Å². The largest absolute Gasteiger partial charge is 0.364 e. The van der Waals surface area contributed by atoms with Gasteiger partial charge in [0.05, 0.1) is 22.8 Å². The molecule has 0 bridgehead atoms. The van der Waals surface area contributed by atoms with E-state index in [1.165, 1.54) is 18.4 Å². The lowest BCUT2D eigenvalue weighted by molar-refractivity contribution is 0.249. The fourth-order valence-electron chi connectivity index (χ4n) is 2.89. The highest BCUT2D eigenvalue weighted by molar-refractivity contribution is 5.96. The van der Waals surface area contributed by atoms with Crippen molar-refractivity contribution >= 4 is 22.8 Å². The number of anilines is 1. The van der Waals surface area contributed by atoms with Crippen LogP contribution in [0.15, 0.2) is 47.3 Å². The van der Waals surface area contributed by atoms with Gasteiger partial charge in [-0.15, -0.1) is 0 Å². The van der Waals surface area contributed by atoms with E-state index in [1.807, 2.05) is 13.8 Å². The molecule has 3 aromatic heterocycles. The van der Waals surface area contributed by atoms with Crippen molar-refractivity contribution in [2.75, 3.05) is 5.32 Å². The van der Waals surface area contributed by atoms with Crippen LogP contribution in [0, 0.1) is 12.7 Å². The number of urea groups is 1. The van der Waals surface area contributed by atoms with Gasteiger partial charge in [0.2, 0.25) is 0 Å². The van der Waals surface area contributed by atoms with Gasteiger partial charge in [0.25, 0.3) is 0 Å². The van der Waals surface area contributed by atoms with Crippen molar-refractivity contribution in [2.45, 2.75) is 19.9 Å². The van der Waals surface area contributed by atoms with Crippen molar-refractivity contribution in [3.63, 3.8) is 0 Å². The molecule has 0 unspecified atom stereocenters. The second-order valence-electron chi connectivity index (χ2n) is 6.37. The number of amides is 2. The highest BCUT2D eigenvalue weighted by atomic mass is 19.1. The summed E-state index contributed by atoms with van der Waals surface area (Å²) in [4.78, 5) is 16.5. The first-order valence-corrected chi connectivity index (χ1v) is 8.59. The Bertz CT molecular complexity index is 1140. The molecule has 3 N–H and O–H groups in total. The lowest BCUT2D eigenvalue weighted by Crippen LogP contribution is -2.31. The van der Waals surface area contributed by atoms with Gasteiger partial charge in [-0.05, 0) is 31.5 Å². The molecule has 0 radical (unpaired) electrons. The number of aromatic amines is 1. The Morgan fingerprint density at radius 3 is 2.79 bits per heavy atom. The molecule has 0 saturated carbocycles. The normalized spacial score (nSPS) is 12.1. The summed E-state index contributed by atoms with van der Waals surface area (Å²) < 4.78 is 18.0. The number of hydrogen-bond acceptors (Lipinski definition) is 5. The van der Waals surface area contributed by atoms with Gasteiger partial charge in [-0.2, -0.15) is 5.10 Å². The van der Waals surface area contributed by atoms with Crippen LogP contribution >= 0.6 is 0 Å². The second kappa shape index (κ2) is 7.10. The number of pyridine rings is 1. The van der Waals surface area contributed by atoms with E-state index >= 15 is 0 Å². The Balaban J connectivity index is 1.48. The summed E-state index contributed by atoms with van der Waals surface area (Å²) in [6.07, 6.45) is 3.15. The van der Waals surface area contributed by atoms with Crippen molar-refractivity contribution in [1.29, 1.82) is 0 Å². The number of benzene rings is 1. The van der Waals surface area contributed by atoms with Crippen molar-refractivity contribution in [3.8, 4) is 11.3 Å². The fourth-order valence-corrected chi connectivity index (χ4v) is 2.89. The molecule has 142 valence electrons. The third-order valence-electron chi connectivity index (χ3n) is 4.41. The number of carbonyl (C=O) groups is 1. The average molecular weight is 380 g/mol. The van der Waals surface area contributed by atoms with Gasteiger partial charge in [-0.3, -0.25) is 10.4 Å². The fraction of sp³-hybridized carbons (Fsp3) is 0.158. The van der Waals surface area contributed by atoms with Crippen molar-refractivity contribution in [3.05, 3.63) is 59.9 Å². The van der Waals surface area contributed by atoms with Gasteiger partial charge >= 0.3 is 6.03 Å². The van der Waals surface area contributed by atoms with E-state index in [0.717, 1.165) is 22.2 Å². The van der Waals surface area contributed by atoms with E-state index in [2.05, 4.69) is 31.0 Å². The Labute approximate surface area is 159 Å². The predicted octanol–water partition coefficient (Wildman–Crippen LogP) is 3.94. The third-order valence-corrected chi connectivity index (χ3v) is 4.41. The lowest BCUT2D eigenvalue weighted by Gasteiger charge is -2.14. The van der Waals surface area contributed by atoms with Crippen LogP contribution in [0.3, 0.4) is 0 Å². The van der Waals surface area contributed by atoms with Crippen LogP contribution in [-0.2, 0) is 0 Å². The Morgan fingerprint density at radius 1 is 1.29 bits per heavy atom. The molecule has 4 rings (SSSR count). The number of aromatic nitrogens is 4. The van der Waals surface area contributed by atoms with Crippen LogP contribution < -0.4 is 10.6 Å². The first-order valence-electron chi connectivity index (χ1n) is 8.59. The number of carbonyl (C=O) groups excluding carboxylic acids is 1. The summed E-state index contributed by atoms with van der Waals surface area (Å²) in [6.45, 7) is 3.64. The standard InChI is InChI=1S/C19H17FN6O2/c1-10(12-3-5-13(20)6-4-12)22-19(27)23-17-7-16-14(8-21-17)18(25-24-16)15-9-28-26-11(15)2/h3-10H,1-2H3,(H,24,25)(H2,21,22,23,27)/t10-/m1/s1. The summed E-state index contributed by atoms with van der Waals surface area (Å²) in [6, 6.07) is 6.95. The molecule has 0 fully saturated rings. The van der Waals surface area contributed by atoms with Gasteiger partial charge in [0.15, 0.2) is 0 Å². The smallest absolute Gasteiger partial charge is 0.320 e. The van der Waals surface area contributed by atoms with Crippen LogP contribution in [0.2, 0.25) is 0 Å². The highest BCUT2D eigenvalue weighted by Crippen LogP contribution is 2.28. The monoisotopic (exact) mass is 380 g/mol. The molecule has 0 spiro atoms. The van der Waals surface area contributed by atoms with Gasteiger partial charge < -0.3 is 9.84 Å². The molecule has 9 heteroatoms. The number of halogens is 1. The third kappa shape index (κ3) is 3.41. The molecule has 8 nitrogen and oxygen atoms in total. The Hall–Kier alpha value is -3.75. The van der Waals surface area contributed by atoms with Gasteiger partial charge in [-0.25, -0.2) is 14.2 Å². The minimum Gasteiger partial charge on any atom is -0.364 e. The quantitative estimate of drug-likeness (QED) is 0.497. The number of nitrogens with zero attached hydrogens (tertiary/aromatic N) is 3. The summed E-state index contributed by atoms with van der Waals surface area (Å²) in [5.41, 5.74) is 3.70. The Kier molecular flexibility index (Phi) is 4.48. The maximum absolute atomic E-state index is 13.0. The number of H-pyrrole nitrogens is 1. The topological polar surface area (TPSA) is 109 Å². The first kappa shape index (κ1) is 17.7. The van der Waals surface area contributed by atoms with Gasteiger partial charge in [-0.1, -0.05) is 17.3 Å². The summed E-state index contributed by atoms with van der Waals surface area (Å²) in [5, 5.41) is 17.3. The first-order chi connectivity index (χ1) is 13.5. The Morgan fingerprint density at radius 2 is 2.07 bits per heavy atom. The zero-order valence-corrected chi connectivity index (χ0v) is 15.2. The minimum atomic E-state index is -0.418. The molecule has 0 aliphatic heterocycles. The molecule has 0 aliphatic carbocycles. The van der Waals surface area contributed by atoms with Crippen molar-refractivity contribution in [2.24, 2.45) is 0 Å². The lowest BCUT2D eigenvalue weighted by atomic mass is 10.1. The summed E-state index contributed by atoms with van der Waals surface area (Å²) >= 11 is 0. The van der Waals surface area contributed by atoms with E-state index in [0.29, 0.717) is 17.0 Å². The number of aryl methyl sites for hydroxylation is 1. The van der Waals surface area contributed by atoms with E-state index in [4.69, 9.17) is 4.52 Å². The number of nitrogens with one attached hydrogen (secondary N) is 3. The molecule has 28 heavy (non-hydrogen) atoms. The van der Waals surface area contributed by atoms with E-state index in [1.54, 1.807) is 24.4 Å². The molecule has 4 aromatic rings. The molecule has 2 amide bonds. The van der Waals surface area contributed by atoms with Crippen molar-refractivity contribution < 1.29 is 13.7 Å². The summed E-state index contributed by atoms with van der Waals surface area (Å²) in [5.74, 6) is 0.0479. The SMILES string of the molecule is Cc1nocc1-c1n[nH]c2cc(NC(=O)N[C@H](C)c3ccc(F)cc3)ncc12. The van der Waals surface area contributed by atoms with Crippen LogP contribution in [0.25, 0.3) is 22.2 Å². The molecule has 1 aromatic carbocycles. The molecule has 0 aliphatic rings.